The van der Waals surface area contributed by atoms with Gasteiger partial charge in [-0.05, 0) is 58.6 Å². The molecule has 0 bridgehead atoms. The molecule has 24 heavy (non-hydrogen) atoms. The van der Waals surface area contributed by atoms with E-state index in [1.165, 1.54) is 6.42 Å². The highest BCUT2D eigenvalue weighted by atomic mass is 16.5. The highest BCUT2D eigenvalue weighted by Gasteiger charge is 2.47. The van der Waals surface area contributed by atoms with Gasteiger partial charge >= 0.3 is 5.97 Å². The van der Waals surface area contributed by atoms with Crippen LogP contribution in [0.3, 0.4) is 0 Å². The molecule has 0 amide bonds. The third-order valence-corrected chi connectivity index (χ3v) is 4.82. The summed E-state index contributed by atoms with van der Waals surface area (Å²) in [6.07, 6.45) is 7.35. The molecule has 1 aliphatic carbocycles. The molecule has 132 valence electrons. The van der Waals surface area contributed by atoms with E-state index in [1.54, 1.807) is 18.3 Å². The van der Waals surface area contributed by atoms with Gasteiger partial charge in [0.25, 0.3) is 0 Å². The lowest BCUT2D eigenvalue weighted by Crippen LogP contribution is -2.45. The number of hydrogen-bond donors (Lipinski definition) is 0. The number of pyridine rings is 1. The number of nitrogens with zero attached hydrogens (tertiary/aromatic N) is 1. The standard InChI is InChI=1S/C19H27NO4/c1-18(2,3)24-14-7-8-15(20-12-14)17(21)23-13-19(9-5-10-19)16-6-4-11-22-16/h7-8,12,16H,4-6,9-11,13H2,1-3H3. The maximum absolute atomic E-state index is 12.3. The Labute approximate surface area is 143 Å². The van der Waals surface area contributed by atoms with Crippen LogP contribution in [-0.4, -0.2) is 35.9 Å². The van der Waals surface area contributed by atoms with Crippen LogP contribution >= 0.6 is 0 Å². The molecule has 1 atom stereocenters. The molecule has 0 aromatic carbocycles. The summed E-state index contributed by atoms with van der Waals surface area (Å²) in [7, 11) is 0. The average Bonchev–Trinajstić information content (AvgIpc) is 2.99. The zero-order valence-electron chi connectivity index (χ0n) is 14.8. The van der Waals surface area contributed by atoms with Gasteiger partial charge in [-0.3, -0.25) is 0 Å². The van der Waals surface area contributed by atoms with Crippen LogP contribution in [-0.2, 0) is 9.47 Å². The lowest BCUT2D eigenvalue weighted by Gasteiger charge is -2.45. The number of hydrogen-bond acceptors (Lipinski definition) is 5. The molecule has 5 heteroatoms. The van der Waals surface area contributed by atoms with Crippen LogP contribution in [0.2, 0.25) is 0 Å². The first-order valence-corrected chi connectivity index (χ1v) is 8.82. The summed E-state index contributed by atoms with van der Waals surface area (Å²) in [4.78, 5) is 16.5. The molecule has 2 heterocycles. The molecule has 1 aromatic heterocycles. The minimum absolute atomic E-state index is 0.0292. The Morgan fingerprint density at radius 3 is 2.62 bits per heavy atom. The molecule has 0 spiro atoms. The maximum atomic E-state index is 12.3. The van der Waals surface area contributed by atoms with Crippen molar-refractivity contribution in [3.8, 4) is 5.75 Å². The van der Waals surface area contributed by atoms with Gasteiger partial charge in [0.05, 0.1) is 18.9 Å². The summed E-state index contributed by atoms with van der Waals surface area (Å²) in [6, 6.07) is 3.41. The first-order valence-electron chi connectivity index (χ1n) is 8.82. The van der Waals surface area contributed by atoms with Crippen LogP contribution in [0.4, 0.5) is 0 Å². The van der Waals surface area contributed by atoms with Crippen LogP contribution < -0.4 is 4.74 Å². The quantitative estimate of drug-likeness (QED) is 0.768. The molecule has 0 N–H and O–H groups in total. The number of carbonyl (C=O) groups is 1. The van der Waals surface area contributed by atoms with Crippen LogP contribution in [0.5, 0.6) is 5.75 Å². The molecule has 0 radical (unpaired) electrons. The lowest BCUT2D eigenvalue weighted by molar-refractivity contribution is -0.0867. The summed E-state index contributed by atoms with van der Waals surface area (Å²) in [5.41, 5.74) is 0.0568. The zero-order chi connectivity index (χ0) is 17.2. The summed E-state index contributed by atoms with van der Waals surface area (Å²) < 4.78 is 17.1. The Morgan fingerprint density at radius 1 is 1.33 bits per heavy atom. The molecule has 2 fully saturated rings. The van der Waals surface area contributed by atoms with Crippen LogP contribution in [0.25, 0.3) is 0 Å². The van der Waals surface area contributed by atoms with E-state index in [9.17, 15) is 4.79 Å². The van der Waals surface area contributed by atoms with Crippen molar-refractivity contribution in [2.75, 3.05) is 13.2 Å². The third kappa shape index (κ3) is 3.89. The van der Waals surface area contributed by atoms with Gasteiger partial charge in [0, 0.05) is 12.0 Å². The molecule has 1 unspecified atom stereocenters. The SMILES string of the molecule is CC(C)(C)Oc1ccc(C(=O)OCC2(C3CCCO3)CCC2)nc1. The van der Waals surface area contributed by atoms with Crippen molar-refractivity contribution in [1.82, 2.24) is 4.98 Å². The maximum Gasteiger partial charge on any atom is 0.356 e. The summed E-state index contributed by atoms with van der Waals surface area (Å²) in [5.74, 6) is 0.274. The Hall–Kier alpha value is -1.62. The van der Waals surface area contributed by atoms with Crippen molar-refractivity contribution in [3.05, 3.63) is 24.0 Å². The monoisotopic (exact) mass is 333 g/mol. The largest absolute Gasteiger partial charge is 0.487 e. The van der Waals surface area contributed by atoms with Gasteiger partial charge in [0.1, 0.15) is 17.0 Å². The second kappa shape index (κ2) is 6.71. The van der Waals surface area contributed by atoms with Crippen LogP contribution in [0.1, 0.15) is 63.4 Å². The zero-order valence-corrected chi connectivity index (χ0v) is 14.8. The van der Waals surface area contributed by atoms with Gasteiger partial charge in [0.2, 0.25) is 0 Å². The Balaban J connectivity index is 1.56. The fourth-order valence-corrected chi connectivity index (χ4v) is 3.45. The average molecular weight is 333 g/mol. The lowest BCUT2D eigenvalue weighted by atomic mass is 9.65. The van der Waals surface area contributed by atoms with E-state index >= 15 is 0 Å². The van der Waals surface area contributed by atoms with Crippen LogP contribution in [0, 0.1) is 5.41 Å². The smallest absolute Gasteiger partial charge is 0.356 e. The summed E-state index contributed by atoms with van der Waals surface area (Å²) in [6.45, 7) is 7.17. The van der Waals surface area contributed by atoms with E-state index in [0.717, 1.165) is 32.3 Å². The highest BCUT2D eigenvalue weighted by Crippen LogP contribution is 2.48. The highest BCUT2D eigenvalue weighted by molar-refractivity contribution is 5.87. The molecule has 1 saturated carbocycles. The Morgan fingerprint density at radius 2 is 2.12 bits per heavy atom. The first-order chi connectivity index (χ1) is 11.4. The molecule has 1 aromatic rings. The van der Waals surface area contributed by atoms with Crippen molar-refractivity contribution in [2.24, 2.45) is 5.41 Å². The van der Waals surface area contributed by atoms with Gasteiger partial charge in [-0.15, -0.1) is 0 Å². The van der Waals surface area contributed by atoms with E-state index in [-0.39, 0.29) is 23.1 Å². The van der Waals surface area contributed by atoms with Gasteiger partial charge in [-0.25, -0.2) is 9.78 Å². The molecule has 5 nitrogen and oxygen atoms in total. The normalized spacial score (nSPS) is 22.7. The Bertz CT molecular complexity index is 566. The molecule has 1 aliphatic heterocycles. The van der Waals surface area contributed by atoms with Crippen molar-refractivity contribution in [2.45, 2.75) is 64.6 Å². The summed E-state index contributed by atoms with van der Waals surface area (Å²) in [5, 5.41) is 0. The van der Waals surface area contributed by atoms with Gasteiger partial charge in [-0.2, -0.15) is 0 Å². The topological polar surface area (TPSA) is 57.7 Å². The van der Waals surface area contributed by atoms with E-state index in [1.807, 2.05) is 20.8 Å². The second-order valence-electron chi connectivity index (χ2n) is 7.89. The van der Waals surface area contributed by atoms with E-state index < -0.39 is 0 Å². The van der Waals surface area contributed by atoms with Crippen molar-refractivity contribution < 1.29 is 19.0 Å². The van der Waals surface area contributed by atoms with Crippen molar-refractivity contribution in [1.29, 1.82) is 0 Å². The van der Waals surface area contributed by atoms with E-state index in [0.29, 0.717) is 18.1 Å². The Kier molecular flexibility index (Phi) is 4.81. The number of esters is 1. The van der Waals surface area contributed by atoms with Crippen LogP contribution in [0.15, 0.2) is 18.3 Å². The molecular weight excluding hydrogens is 306 g/mol. The fourth-order valence-electron chi connectivity index (χ4n) is 3.45. The minimum Gasteiger partial charge on any atom is -0.487 e. The fraction of sp³-hybridized carbons (Fsp3) is 0.684. The van der Waals surface area contributed by atoms with Crippen molar-refractivity contribution >= 4 is 5.97 Å². The number of ether oxygens (including phenoxy) is 3. The number of rotatable bonds is 5. The molecule has 3 rings (SSSR count). The molecular formula is C19H27NO4. The predicted octanol–water partition coefficient (Wildman–Crippen LogP) is 3.77. The van der Waals surface area contributed by atoms with E-state index in [2.05, 4.69) is 4.98 Å². The molecule has 2 aliphatic rings. The first kappa shape index (κ1) is 17.2. The predicted molar refractivity (Wildman–Crippen MR) is 90.2 cm³/mol. The van der Waals surface area contributed by atoms with Crippen molar-refractivity contribution in [3.63, 3.8) is 0 Å². The minimum atomic E-state index is -0.374. The second-order valence-corrected chi connectivity index (χ2v) is 7.89. The molecule has 1 saturated heterocycles. The third-order valence-electron chi connectivity index (χ3n) is 4.82. The number of aromatic nitrogens is 1. The van der Waals surface area contributed by atoms with Gasteiger partial charge in [0.15, 0.2) is 0 Å². The van der Waals surface area contributed by atoms with Gasteiger partial charge in [-0.1, -0.05) is 6.42 Å². The van der Waals surface area contributed by atoms with E-state index in [4.69, 9.17) is 14.2 Å². The number of carbonyl (C=O) groups excluding carboxylic acids is 1. The summed E-state index contributed by atoms with van der Waals surface area (Å²) >= 11 is 0. The van der Waals surface area contributed by atoms with Gasteiger partial charge < -0.3 is 14.2 Å².